The molecule has 0 aliphatic rings. The molecule has 0 fully saturated rings. The highest BCUT2D eigenvalue weighted by atomic mass is 35.5. The van der Waals surface area contributed by atoms with E-state index in [4.69, 9.17) is 16.3 Å². The molecule has 0 spiro atoms. The van der Waals surface area contributed by atoms with Crippen molar-refractivity contribution >= 4 is 35.0 Å². The Hall–Kier alpha value is -2.31. The maximum atomic E-state index is 12.1. The Morgan fingerprint density at radius 2 is 2.00 bits per heavy atom. The van der Waals surface area contributed by atoms with Gasteiger partial charge in [-0.2, -0.15) is 0 Å². The molecule has 0 bridgehead atoms. The summed E-state index contributed by atoms with van der Waals surface area (Å²) in [7, 11) is 0. The molecule has 3 rings (SSSR count). The first kappa shape index (κ1) is 18.5. The molecule has 0 unspecified atom stereocenters. The highest BCUT2D eigenvalue weighted by Crippen LogP contribution is 2.21. The first-order chi connectivity index (χ1) is 12.5. The molecule has 0 saturated heterocycles. The quantitative estimate of drug-likeness (QED) is 0.473. The number of thioether (sulfide) groups is 1. The molecule has 3 aromatic rings. The molecular formula is C19H17ClN2O3S. The first-order valence-corrected chi connectivity index (χ1v) is 9.40. The second kappa shape index (κ2) is 8.38. The highest BCUT2D eigenvalue weighted by Gasteiger charge is 2.07. The number of aromatic nitrogens is 2. The van der Waals surface area contributed by atoms with E-state index < -0.39 is 0 Å². The number of hydrogen-bond donors (Lipinski definition) is 0. The van der Waals surface area contributed by atoms with Gasteiger partial charge in [0.15, 0.2) is 0 Å². The smallest absolute Gasteiger partial charge is 0.307 e. The van der Waals surface area contributed by atoms with Crippen molar-refractivity contribution in [3.8, 4) is 0 Å². The van der Waals surface area contributed by atoms with Crippen LogP contribution in [-0.2, 0) is 16.1 Å². The largest absolute Gasteiger partial charge is 0.459 e. The topological polar surface area (TPSA) is 60.7 Å². The number of esters is 1. The number of fused-ring (bicyclic) bond motifs is 1. The SMILES string of the molecule is Cc1ccc2nc(COC(=O)CCSc3ccc(Cl)cc3)cc(=O)n2c1. The van der Waals surface area contributed by atoms with Gasteiger partial charge in [-0.15, -0.1) is 11.8 Å². The molecule has 0 aliphatic heterocycles. The number of benzene rings is 1. The number of hydrogen-bond acceptors (Lipinski definition) is 5. The zero-order valence-electron chi connectivity index (χ0n) is 14.1. The molecule has 0 aliphatic carbocycles. The van der Waals surface area contributed by atoms with Gasteiger partial charge in [0, 0.05) is 27.9 Å². The van der Waals surface area contributed by atoms with Crippen LogP contribution in [-0.4, -0.2) is 21.1 Å². The minimum atomic E-state index is -0.322. The monoisotopic (exact) mass is 388 g/mol. The van der Waals surface area contributed by atoms with Gasteiger partial charge in [0.1, 0.15) is 12.3 Å². The van der Waals surface area contributed by atoms with E-state index in [9.17, 15) is 9.59 Å². The van der Waals surface area contributed by atoms with Crippen LogP contribution in [0.25, 0.3) is 5.65 Å². The summed E-state index contributed by atoms with van der Waals surface area (Å²) in [5.74, 6) is 0.283. The summed E-state index contributed by atoms with van der Waals surface area (Å²) >= 11 is 7.39. The molecule has 134 valence electrons. The summed E-state index contributed by atoms with van der Waals surface area (Å²) in [5.41, 5.74) is 1.76. The molecule has 0 saturated carbocycles. The van der Waals surface area contributed by atoms with Crippen LogP contribution >= 0.6 is 23.4 Å². The number of carbonyl (C=O) groups excluding carboxylic acids is 1. The molecular weight excluding hydrogens is 372 g/mol. The van der Waals surface area contributed by atoms with E-state index in [1.807, 2.05) is 37.3 Å². The van der Waals surface area contributed by atoms with Crippen molar-refractivity contribution in [2.24, 2.45) is 0 Å². The average Bonchev–Trinajstić information content (AvgIpc) is 2.62. The van der Waals surface area contributed by atoms with Gasteiger partial charge in [-0.1, -0.05) is 17.7 Å². The molecule has 0 amide bonds. The molecule has 5 nitrogen and oxygen atoms in total. The summed E-state index contributed by atoms with van der Waals surface area (Å²) < 4.78 is 6.70. The van der Waals surface area contributed by atoms with Crippen LogP contribution < -0.4 is 5.56 Å². The Balaban J connectivity index is 1.52. The minimum Gasteiger partial charge on any atom is -0.459 e. The zero-order valence-corrected chi connectivity index (χ0v) is 15.7. The van der Waals surface area contributed by atoms with Gasteiger partial charge in [-0.3, -0.25) is 14.0 Å². The number of halogens is 1. The highest BCUT2D eigenvalue weighted by molar-refractivity contribution is 7.99. The van der Waals surface area contributed by atoms with E-state index in [2.05, 4.69) is 4.98 Å². The Morgan fingerprint density at radius 3 is 2.77 bits per heavy atom. The molecule has 2 aromatic heterocycles. The summed E-state index contributed by atoms with van der Waals surface area (Å²) in [4.78, 5) is 29.4. The molecule has 1 aromatic carbocycles. The number of nitrogens with zero attached hydrogens (tertiary/aromatic N) is 2. The number of ether oxygens (including phenoxy) is 1. The predicted octanol–water partition coefficient (Wildman–Crippen LogP) is 3.88. The second-order valence-corrected chi connectivity index (χ2v) is 7.34. The van der Waals surface area contributed by atoms with Crippen LogP contribution in [0.5, 0.6) is 0 Å². The van der Waals surface area contributed by atoms with Crippen molar-refractivity contribution < 1.29 is 9.53 Å². The number of aryl methyl sites for hydroxylation is 1. The molecule has 26 heavy (non-hydrogen) atoms. The Bertz CT molecular complexity index is 986. The van der Waals surface area contributed by atoms with E-state index in [-0.39, 0.29) is 24.6 Å². The maximum Gasteiger partial charge on any atom is 0.307 e. The molecule has 0 atom stereocenters. The first-order valence-electron chi connectivity index (χ1n) is 8.04. The molecule has 0 radical (unpaired) electrons. The lowest BCUT2D eigenvalue weighted by molar-refractivity contribution is -0.144. The predicted molar refractivity (Wildman–Crippen MR) is 103 cm³/mol. The van der Waals surface area contributed by atoms with E-state index in [0.29, 0.717) is 22.1 Å². The number of carbonyl (C=O) groups is 1. The number of pyridine rings is 1. The van der Waals surface area contributed by atoms with Crippen molar-refractivity contribution in [1.29, 1.82) is 0 Å². The summed E-state index contributed by atoms with van der Waals surface area (Å²) in [5, 5.41) is 0.683. The zero-order chi connectivity index (χ0) is 18.5. The van der Waals surface area contributed by atoms with Gasteiger partial charge >= 0.3 is 5.97 Å². The van der Waals surface area contributed by atoms with Crippen molar-refractivity contribution in [2.45, 2.75) is 24.8 Å². The third-order valence-corrected chi connectivity index (χ3v) is 4.90. The number of rotatable bonds is 6. The summed E-state index contributed by atoms with van der Waals surface area (Å²) in [6.45, 7) is 1.90. The Kier molecular flexibility index (Phi) is 5.96. The van der Waals surface area contributed by atoms with Crippen LogP contribution in [0.2, 0.25) is 5.02 Å². The minimum absolute atomic E-state index is 0.00986. The molecule has 2 heterocycles. The lowest BCUT2D eigenvalue weighted by Gasteiger charge is -2.07. The van der Waals surface area contributed by atoms with Crippen LogP contribution in [0.4, 0.5) is 0 Å². The van der Waals surface area contributed by atoms with Crippen LogP contribution in [0.1, 0.15) is 17.7 Å². The summed E-state index contributed by atoms with van der Waals surface area (Å²) in [6, 6.07) is 12.5. The fraction of sp³-hybridized carbons (Fsp3) is 0.211. The van der Waals surface area contributed by atoms with Crippen LogP contribution in [0, 0.1) is 6.92 Å². The molecule has 0 N–H and O–H groups in total. The van der Waals surface area contributed by atoms with Crippen molar-refractivity contribution in [1.82, 2.24) is 9.38 Å². The van der Waals surface area contributed by atoms with Gasteiger partial charge in [0.2, 0.25) is 0 Å². The van der Waals surface area contributed by atoms with Crippen molar-refractivity contribution in [3.63, 3.8) is 0 Å². The summed E-state index contributed by atoms with van der Waals surface area (Å²) in [6.07, 6.45) is 2.01. The average molecular weight is 389 g/mol. The lowest BCUT2D eigenvalue weighted by Crippen LogP contribution is -2.17. The van der Waals surface area contributed by atoms with Crippen LogP contribution in [0.3, 0.4) is 0 Å². The van der Waals surface area contributed by atoms with Gasteiger partial charge in [-0.25, -0.2) is 4.98 Å². The standard InChI is InChI=1S/C19H17ClN2O3S/c1-13-2-7-17-21-15(10-18(23)22(17)11-13)12-25-19(24)8-9-26-16-5-3-14(20)4-6-16/h2-7,10-11H,8-9,12H2,1H3. The maximum absolute atomic E-state index is 12.1. The van der Waals surface area contributed by atoms with E-state index in [0.717, 1.165) is 10.5 Å². The van der Waals surface area contributed by atoms with Crippen molar-refractivity contribution in [3.05, 3.63) is 75.3 Å². The molecule has 7 heteroatoms. The van der Waals surface area contributed by atoms with E-state index >= 15 is 0 Å². The Labute approximate surface area is 160 Å². The van der Waals surface area contributed by atoms with Gasteiger partial charge in [0.05, 0.1) is 12.1 Å². The third-order valence-electron chi connectivity index (χ3n) is 3.63. The van der Waals surface area contributed by atoms with Gasteiger partial charge in [-0.05, 0) is 42.8 Å². The Morgan fingerprint density at radius 1 is 1.23 bits per heavy atom. The van der Waals surface area contributed by atoms with Crippen LogP contribution in [0.15, 0.2) is 58.4 Å². The fourth-order valence-electron chi connectivity index (χ4n) is 2.34. The van der Waals surface area contributed by atoms with Crippen molar-refractivity contribution in [2.75, 3.05) is 5.75 Å². The second-order valence-electron chi connectivity index (χ2n) is 5.73. The van der Waals surface area contributed by atoms with Gasteiger partial charge in [0.25, 0.3) is 5.56 Å². The third kappa shape index (κ3) is 4.86. The van der Waals surface area contributed by atoms with Gasteiger partial charge < -0.3 is 4.74 Å². The fourth-order valence-corrected chi connectivity index (χ4v) is 3.30. The normalized spacial score (nSPS) is 10.8. The van der Waals surface area contributed by atoms with E-state index in [1.54, 1.807) is 24.0 Å². The van der Waals surface area contributed by atoms with E-state index in [1.165, 1.54) is 10.5 Å². The lowest BCUT2D eigenvalue weighted by atomic mass is 10.3.